The Balaban J connectivity index is 1.43. The van der Waals surface area contributed by atoms with Gasteiger partial charge in [0, 0.05) is 59.5 Å². The van der Waals surface area contributed by atoms with Gasteiger partial charge in [-0.2, -0.15) is 0 Å². The average molecular weight is 514 g/mol. The normalized spacial score (nSPS) is 22.4. The van der Waals surface area contributed by atoms with Crippen LogP contribution in [0.4, 0.5) is 5.69 Å². The van der Waals surface area contributed by atoms with Crippen LogP contribution in [0.3, 0.4) is 0 Å². The Morgan fingerprint density at radius 2 is 2.00 bits per heavy atom. The molecule has 3 aromatic heterocycles. The molecule has 0 bridgehead atoms. The summed E-state index contributed by atoms with van der Waals surface area (Å²) in [4.78, 5) is 25.7. The summed E-state index contributed by atoms with van der Waals surface area (Å²) in [6, 6.07) is 10.5. The number of rotatable bonds is 4. The monoisotopic (exact) mass is 513 g/mol. The van der Waals surface area contributed by atoms with Crippen LogP contribution in [0.15, 0.2) is 43.1 Å². The number of amides is 1. The van der Waals surface area contributed by atoms with Crippen molar-refractivity contribution in [2.24, 2.45) is 0 Å². The van der Waals surface area contributed by atoms with E-state index in [1.165, 1.54) is 11.3 Å². The molecule has 5 heterocycles. The maximum Gasteiger partial charge on any atom is 0.263 e. The minimum Gasteiger partial charge on any atom is -0.381 e. The number of pyridine rings is 2. The van der Waals surface area contributed by atoms with E-state index in [4.69, 9.17) is 9.72 Å². The summed E-state index contributed by atoms with van der Waals surface area (Å²) in [6.45, 7) is 13.4. The second-order valence-electron chi connectivity index (χ2n) is 10.2. The first-order valence-corrected chi connectivity index (χ1v) is 13.6. The van der Waals surface area contributed by atoms with Crippen molar-refractivity contribution in [2.45, 2.75) is 45.6 Å². The van der Waals surface area contributed by atoms with Crippen LogP contribution in [-0.4, -0.2) is 58.7 Å². The molecule has 1 amide bonds. The third kappa shape index (κ3) is 4.50. The number of nitrogens with one attached hydrogen (secondary N) is 2. The Labute approximate surface area is 220 Å². The maximum absolute atomic E-state index is 12.8. The van der Waals surface area contributed by atoms with Crippen molar-refractivity contribution in [3.05, 3.63) is 59.2 Å². The van der Waals surface area contributed by atoms with Crippen molar-refractivity contribution in [1.82, 2.24) is 20.2 Å². The first-order valence-electron chi connectivity index (χ1n) is 12.8. The van der Waals surface area contributed by atoms with E-state index >= 15 is 0 Å². The molecule has 2 unspecified atom stereocenters. The van der Waals surface area contributed by atoms with Gasteiger partial charge in [-0.1, -0.05) is 6.58 Å². The van der Waals surface area contributed by atoms with Crippen molar-refractivity contribution in [2.75, 3.05) is 25.0 Å². The standard InChI is InChI=1S/C29H31N5O2S/c1-5-20-10-22(19(12-30-20)15-34-13-17(3)36-18(4)14-34)24-7-6-21-23(33-24)8-9-25-26(21)27-28(37-25)29(35)32-16(2)11-31-27/h5-10,12,16-18,31H,1,11,13-15H2,2-4H3,(H,32,35)/t16-,17?,18?/m1/s1. The van der Waals surface area contributed by atoms with Crippen LogP contribution >= 0.6 is 11.3 Å². The Morgan fingerprint density at radius 1 is 1.19 bits per heavy atom. The molecule has 2 aliphatic rings. The lowest BCUT2D eigenvalue weighted by molar-refractivity contribution is -0.0704. The van der Waals surface area contributed by atoms with Gasteiger partial charge in [0.2, 0.25) is 0 Å². The lowest BCUT2D eigenvalue weighted by Gasteiger charge is -2.35. The molecule has 0 spiro atoms. The van der Waals surface area contributed by atoms with Gasteiger partial charge in [-0.15, -0.1) is 11.3 Å². The Hall–Kier alpha value is -3.33. The molecule has 7 nitrogen and oxygen atoms in total. The summed E-state index contributed by atoms with van der Waals surface area (Å²) in [7, 11) is 0. The zero-order chi connectivity index (χ0) is 25.7. The highest BCUT2D eigenvalue weighted by molar-refractivity contribution is 7.21. The zero-order valence-corrected chi connectivity index (χ0v) is 22.2. The van der Waals surface area contributed by atoms with Crippen molar-refractivity contribution in [3.63, 3.8) is 0 Å². The van der Waals surface area contributed by atoms with Gasteiger partial charge in [-0.25, -0.2) is 4.98 Å². The summed E-state index contributed by atoms with van der Waals surface area (Å²) in [5.74, 6) is -0.0171. The van der Waals surface area contributed by atoms with Gasteiger partial charge in [-0.3, -0.25) is 14.7 Å². The molecule has 190 valence electrons. The van der Waals surface area contributed by atoms with E-state index in [-0.39, 0.29) is 24.2 Å². The predicted octanol–water partition coefficient (Wildman–Crippen LogP) is 5.31. The number of carbonyl (C=O) groups is 1. The molecule has 1 saturated heterocycles. The summed E-state index contributed by atoms with van der Waals surface area (Å²) >= 11 is 1.53. The largest absolute Gasteiger partial charge is 0.381 e. The number of nitrogens with zero attached hydrogens (tertiary/aromatic N) is 3. The molecule has 1 fully saturated rings. The van der Waals surface area contributed by atoms with E-state index in [1.807, 2.05) is 13.1 Å². The van der Waals surface area contributed by atoms with E-state index < -0.39 is 0 Å². The number of carbonyl (C=O) groups excluding carboxylic acids is 1. The number of hydrogen-bond acceptors (Lipinski definition) is 7. The van der Waals surface area contributed by atoms with Crippen LogP contribution < -0.4 is 10.6 Å². The minimum atomic E-state index is -0.0171. The molecule has 2 N–H and O–H groups in total. The third-order valence-electron chi connectivity index (χ3n) is 7.07. The first-order chi connectivity index (χ1) is 17.9. The molecule has 8 heteroatoms. The van der Waals surface area contributed by atoms with E-state index in [2.05, 4.69) is 71.3 Å². The van der Waals surface area contributed by atoms with Gasteiger partial charge in [0.15, 0.2) is 0 Å². The molecule has 37 heavy (non-hydrogen) atoms. The molecule has 4 aromatic rings. The highest BCUT2D eigenvalue weighted by Crippen LogP contribution is 2.41. The zero-order valence-electron chi connectivity index (χ0n) is 21.4. The average Bonchev–Trinajstić information content (AvgIpc) is 3.19. The highest BCUT2D eigenvalue weighted by Gasteiger charge is 2.26. The summed E-state index contributed by atoms with van der Waals surface area (Å²) in [6.07, 6.45) is 4.13. The van der Waals surface area contributed by atoms with Gasteiger partial charge < -0.3 is 15.4 Å². The summed E-state index contributed by atoms with van der Waals surface area (Å²) in [5, 5.41) is 8.68. The molecule has 0 saturated carbocycles. The number of morpholine rings is 1. The summed E-state index contributed by atoms with van der Waals surface area (Å²) < 4.78 is 7.01. The maximum atomic E-state index is 12.8. The van der Waals surface area contributed by atoms with Crippen LogP contribution in [0.2, 0.25) is 0 Å². The molecular formula is C29H31N5O2S. The van der Waals surface area contributed by atoms with Crippen LogP contribution in [0.5, 0.6) is 0 Å². The Morgan fingerprint density at radius 3 is 2.78 bits per heavy atom. The number of fused-ring (bicyclic) bond motifs is 5. The lowest BCUT2D eigenvalue weighted by atomic mass is 10.0. The quantitative estimate of drug-likeness (QED) is 0.385. The van der Waals surface area contributed by atoms with Crippen molar-refractivity contribution in [3.8, 4) is 11.3 Å². The topological polar surface area (TPSA) is 79.4 Å². The van der Waals surface area contributed by atoms with Gasteiger partial charge in [0.1, 0.15) is 4.88 Å². The second kappa shape index (κ2) is 9.52. The minimum absolute atomic E-state index is 0.0171. The molecule has 0 radical (unpaired) electrons. The van der Waals surface area contributed by atoms with Gasteiger partial charge >= 0.3 is 0 Å². The fourth-order valence-electron chi connectivity index (χ4n) is 5.51. The van der Waals surface area contributed by atoms with Crippen molar-refractivity contribution >= 4 is 50.0 Å². The lowest BCUT2D eigenvalue weighted by Crippen LogP contribution is -2.44. The third-order valence-corrected chi connectivity index (χ3v) is 8.23. The number of hydrogen-bond donors (Lipinski definition) is 2. The molecule has 1 aromatic carbocycles. The van der Waals surface area contributed by atoms with Gasteiger partial charge in [0.25, 0.3) is 5.91 Å². The Bertz CT molecular complexity index is 1520. The second-order valence-corrected chi connectivity index (χ2v) is 11.2. The highest BCUT2D eigenvalue weighted by atomic mass is 32.1. The van der Waals surface area contributed by atoms with Gasteiger partial charge in [0.05, 0.1) is 34.8 Å². The van der Waals surface area contributed by atoms with Gasteiger partial charge in [-0.05, 0) is 62.7 Å². The van der Waals surface area contributed by atoms with E-state index in [0.717, 1.165) is 73.7 Å². The van der Waals surface area contributed by atoms with Crippen molar-refractivity contribution in [1.29, 1.82) is 0 Å². The van der Waals surface area contributed by atoms with Crippen LogP contribution in [-0.2, 0) is 11.3 Å². The Kier molecular flexibility index (Phi) is 6.18. The molecule has 6 rings (SSSR count). The SMILES string of the molecule is C=Cc1cc(-c2ccc3c(ccc4sc5c(c43)NC[C@@H](C)NC5=O)n2)c(CN2CC(C)OC(C)C2)cn1. The fourth-order valence-corrected chi connectivity index (χ4v) is 6.60. The first kappa shape index (κ1) is 24.0. The van der Waals surface area contributed by atoms with E-state index in [1.54, 1.807) is 6.08 Å². The number of anilines is 1. The predicted molar refractivity (Wildman–Crippen MR) is 151 cm³/mol. The number of benzene rings is 1. The smallest absolute Gasteiger partial charge is 0.263 e. The van der Waals surface area contributed by atoms with E-state index in [9.17, 15) is 4.79 Å². The number of aromatic nitrogens is 2. The molecular weight excluding hydrogens is 482 g/mol. The number of thiophene rings is 1. The molecule has 2 aliphatic heterocycles. The van der Waals surface area contributed by atoms with Crippen LogP contribution in [0.1, 0.15) is 41.7 Å². The molecule has 0 aliphatic carbocycles. The summed E-state index contributed by atoms with van der Waals surface area (Å²) in [5.41, 5.74) is 5.75. The van der Waals surface area contributed by atoms with Crippen LogP contribution in [0, 0.1) is 0 Å². The fraction of sp³-hybridized carbons (Fsp3) is 0.345. The van der Waals surface area contributed by atoms with Crippen LogP contribution in [0.25, 0.3) is 38.3 Å². The van der Waals surface area contributed by atoms with E-state index in [0.29, 0.717) is 6.54 Å². The van der Waals surface area contributed by atoms with Crippen molar-refractivity contribution < 1.29 is 9.53 Å². The number of ether oxygens (including phenoxy) is 1. The molecule has 3 atom stereocenters.